The fraction of sp³-hybridized carbons (Fsp3) is 0.520. The van der Waals surface area contributed by atoms with E-state index in [9.17, 15) is 32.8 Å². The molecule has 2 aliphatic carbocycles. The van der Waals surface area contributed by atoms with Gasteiger partial charge in [-0.2, -0.15) is 0 Å². The molecule has 4 fully saturated rings. The number of nitro groups is 1. The number of likely N-dealkylation sites (tertiary alicyclic amines) is 2. The number of aromatic amines is 1. The van der Waals surface area contributed by atoms with Crippen molar-refractivity contribution in [1.29, 1.82) is 0 Å². The van der Waals surface area contributed by atoms with Gasteiger partial charge < -0.3 is 25.0 Å². The molecule has 2 aliphatic heterocycles. The largest absolute Gasteiger partial charge is 0.487 e. The van der Waals surface area contributed by atoms with E-state index in [2.05, 4.69) is 67.9 Å². The molecule has 4 aromatic rings. The third-order valence-electron chi connectivity index (χ3n) is 14.6. The summed E-state index contributed by atoms with van der Waals surface area (Å²) in [4.78, 5) is 37.2. The predicted molar refractivity (Wildman–Crippen MR) is 253 cm³/mol. The van der Waals surface area contributed by atoms with E-state index in [1.807, 2.05) is 13.1 Å². The quantitative estimate of drug-likeness (QED) is 0.0365. The van der Waals surface area contributed by atoms with Gasteiger partial charge in [0, 0.05) is 51.0 Å². The topological polar surface area (TPSA) is 183 Å². The summed E-state index contributed by atoms with van der Waals surface area (Å²) in [5, 5.41) is 25.8. The van der Waals surface area contributed by atoms with Crippen LogP contribution in [0.15, 0.2) is 83.5 Å². The number of piperidine rings is 1. The van der Waals surface area contributed by atoms with E-state index in [1.54, 1.807) is 13.0 Å². The number of allylic oxidation sites excluding steroid dienone is 2. The average molecular weight is 926 g/mol. The number of sulfonamides is 1. The van der Waals surface area contributed by atoms with Gasteiger partial charge in [-0.25, -0.2) is 22.5 Å². The number of nitrogens with zero attached hydrogens (tertiary/aromatic N) is 4. The number of hydrogen-bond donors (Lipinski definition) is 4. The van der Waals surface area contributed by atoms with E-state index in [1.165, 1.54) is 60.9 Å². The Labute approximate surface area is 387 Å². The molecule has 2 saturated heterocycles. The second-order valence-electron chi connectivity index (χ2n) is 19.7. The molecule has 4 heterocycles. The van der Waals surface area contributed by atoms with Crippen LogP contribution >= 0.6 is 0 Å². The van der Waals surface area contributed by atoms with Gasteiger partial charge in [0.05, 0.1) is 32.1 Å². The van der Waals surface area contributed by atoms with Crippen LogP contribution in [0.3, 0.4) is 0 Å². The van der Waals surface area contributed by atoms with Gasteiger partial charge in [0.2, 0.25) is 0 Å². The number of anilines is 1. The summed E-state index contributed by atoms with van der Waals surface area (Å²) in [6, 6.07) is 14.5. The molecule has 0 unspecified atom stereocenters. The first-order valence-corrected chi connectivity index (χ1v) is 25.1. The lowest BCUT2D eigenvalue weighted by molar-refractivity contribution is -0.384. The number of H-pyrrole nitrogens is 1. The van der Waals surface area contributed by atoms with Crippen molar-refractivity contribution >= 4 is 38.3 Å². The molecule has 2 aromatic heterocycles. The molecular formula is C50H64FN7O7S. The van der Waals surface area contributed by atoms with Crippen LogP contribution in [0.5, 0.6) is 5.75 Å². The number of ether oxygens (including phenoxy) is 1. The Morgan fingerprint density at radius 3 is 2.55 bits per heavy atom. The van der Waals surface area contributed by atoms with E-state index in [0.29, 0.717) is 55.0 Å². The van der Waals surface area contributed by atoms with Crippen molar-refractivity contribution in [3.63, 3.8) is 0 Å². The number of rotatable bonds is 16. The highest BCUT2D eigenvalue weighted by Gasteiger charge is 2.49. The van der Waals surface area contributed by atoms with Crippen LogP contribution in [0, 0.1) is 27.3 Å². The minimum absolute atomic E-state index is 0.0426. The zero-order valence-corrected chi connectivity index (χ0v) is 39.3. The average Bonchev–Trinajstić information content (AvgIpc) is 3.92. The zero-order valence-electron chi connectivity index (χ0n) is 38.5. The van der Waals surface area contributed by atoms with E-state index >= 15 is 0 Å². The summed E-state index contributed by atoms with van der Waals surface area (Å²) in [6.45, 7) is 12.2. The van der Waals surface area contributed by atoms with Crippen molar-refractivity contribution in [2.24, 2.45) is 11.3 Å². The fourth-order valence-electron chi connectivity index (χ4n) is 10.7. The van der Waals surface area contributed by atoms with Gasteiger partial charge in [0.1, 0.15) is 29.5 Å². The van der Waals surface area contributed by atoms with Crippen molar-refractivity contribution < 1.29 is 32.4 Å². The lowest BCUT2D eigenvalue weighted by Gasteiger charge is -2.57. The van der Waals surface area contributed by atoms with E-state index < -0.39 is 42.9 Å². The van der Waals surface area contributed by atoms with Gasteiger partial charge in [-0.05, 0) is 136 Å². The summed E-state index contributed by atoms with van der Waals surface area (Å²) in [5.41, 5.74) is 3.09. The Kier molecular flexibility index (Phi) is 13.9. The van der Waals surface area contributed by atoms with E-state index in [-0.39, 0.29) is 40.3 Å². The lowest BCUT2D eigenvalue weighted by atomic mass is 9.70. The molecule has 4 N–H and O–H groups in total. The second-order valence-corrected chi connectivity index (χ2v) is 21.3. The van der Waals surface area contributed by atoms with Crippen LogP contribution in [0.2, 0.25) is 0 Å². The highest BCUT2D eigenvalue weighted by Crippen LogP contribution is 2.48. The first kappa shape index (κ1) is 47.2. The maximum atomic E-state index is 14.6. The van der Waals surface area contributed by atoms with Crippen LogP contribution in [-0.4, -0.2) is 95.1 Å². The number of aryl methyl sites for hydroxylation is 1. The number of fused-ring (bicyclic) bond motifs is 1. The van der Waals surface area contributed by atoms with Crippen LogP contribution in [-0.2, 0) is 21.2 Å². The molecule has 0 radical (unpaired) electrons. The number of pyridine rings is 1. The highest BCUT2D eigenvalue weighted by molar-refractivity contribution is 7.90. The SMILES string of the molecule is CCc1nc2[nH]cc(F)c2cc1OC/C(=C\C=C\N1CCC2(CC1)CN([C@@H]1CCC[C@@H]1c1ccccc1C(C)C)C2)C(=O)NS(=O)(=O)c1ccc(NCC2CCC(C)(O)CC2)c([N+](=O)[O-])c1. The number of aromatic nitrogens is 2. The molecule has 8 rings (SSSR count). The first-order chi connectivity index (χ1) is 31.5. The molecule has 1 spiro atoms. The molecule has 2 saturated carbocycles. The summed E-state index contributed by atoms with van der Waals surface area (Å²) >= 11 is 0. The van der Waals surface area contributed by atoms with Crippen molar-refractivity contribution in [3.8, 4) is 5.75 Å². The minimum Gasteiger partial charge on any atom is -0.487 e. The molecule has 66 heavy (non-hydrogen) atoms. The number of carbonyl (C=O) groups is 1. The molecular weight excluding hydrogens is 862 g/mol. The third-order valence-corrected chi connectivity index (χ3v) is 16.0. The third kappa shape index (κ3) is 10.5. The number of carbonyl (C=O) groups excluding carboxylic acids is 1. The van der Waals surface area contributed by atoms with Crippen LogP contribution < -0.4 is 14.8 Å². The summed E-state index contributed by atoms with van der Waals surface area (Å²) in [6.07, 6.45) is 15.3. The van der Waals surface area contributed by atoms with E-state index in [0.717, 1.165) is 57.9 Å². The first-order valence-electron chi connectivity index (χ1n) is 23.6. The van der Waals surface area contributed by atoms with Crippen molar-refractivity contribution in [3.05, 3.63) is 111 Å². The van der Waals surface area contributed by atoms with Crippen LogP contribution in [0.25, 0.3) is 11.0 Å². The Morgan fingerprint density at radius 1 is 1.09 bits per heavy atom. The van der Waals surface area contributed by atoms with Crippen molar-refractivity contribution in [1.82, 2.24) is 24.5 Å². The molecule has 2 aromatic carbocycles. The van der Waals surface area contributed by atoms with Gasteiger partial charge in [0.15, 0.2) is 0 Å². The van der Waals surface area contributed by atoms with Crippen LogP contribution in [0.4, 0.5) is 15.8 Å². The van der Waals surface area contributed by atoms with Gasteiger partial charge in [-0.3, -0.25) is 19.8 Å². The molecule has 2 atom stereocenters. The molecule has 1 amide bonds. The van der Waals surface area contributed by atoms with Crippen LogP contribution in [0.1, 0.15) is 114 Å². The standard InChI is InChI=1S/C50H64FN7O7S/c1-5-42-46(27-40-41(51)29-53-47(40)54-42)65-30-35(48(59)55-66(63,64)36-15-16-43(45(26-36)58(61)62)52-28-34-17-19-49(4,60)20-18-34)10-9-23-56-24-21-50(22-25-56)31-57(32-50)44-14-8-13-39(44)38-12-7-6-11-37(38)33(2)3/h6-7,9-12,15-16,23,26-27,29,33-34,39,44,52,60H,5,8,13-14,17-22,24-25,28,30-32H2,1-4H3,(H,53,54)(H,55,59)/b23-9+,35-10+/t34?,39-,44-,49?/m1/s1. The summed E-state index contributed by atoms with van der Waals surface area (Å²) < 4.78 is 50.2. The number of benzene rings is 2. The Hall–Kier alpha value is -5.32. The number of nitrogens with one attached hydrogen (secondary N) is 3. The highest BCUT2D eigenvalue weighted by atomic mass is 32.2. The van der Waals surface area contributed by atoms with Gasteiger partial charge in [0.25, 0.3) is 21.6 Å². The number of nitro benzene ring substituents is 1. The predicted octanol–water partition coefficient (Wildman–Crippen LogP) is 8.71. The van der Waals surface area contributed by atoms with Crippen molar-refractivity contribution in [2.45, 2.75) is 120 Å². The lowest BCUT2D eigenvalue weighted by Crippen LogP contribution is -2.63. The Bertz CT molecular complexity index is 2580. The maximum Gasteiger partial charge on any atom is 0.293 e. The second kappa shape index (κ2) is 19.5. The summed E-state index contributed by atoms with van der Waals surface area (Å²) in [7, 11) is -4.60. The maximum absolute atomic E-state index is 14.6. The van der Waals surface area contributed by atoms with Gasteiger partial charge >= 0.3 is 0 Å². The molecule has 0 bridgehead atoms. The molecule has 16 heteroatoms. The normalized spacial score (nSPS) is 23.7. The molecule has 14 nitrogen and oxygen atoms in total. The smallest absolute Gasteiger partial charge is 0.293 e. The fourth-order valence-corrected chi connectivity index (χ4v) is 11.7. The Balaban J connectivity index is 0.941. The van der Waals surface area contributed by atoms with Crippen molar-refractivity contribution in [2.75, 3.05) is 44.6 Å². The number of hydrogen-bond acceptors (Lipinski definition) is 11. The monoisotopic (exact) mass is 925 g/mol. The molecule has 354 valence electrons. The van der Waals surface area contributed by atoms with Gasteiger partial charge in [-0.1, -0.05) is 51.5 Å². The minimum atomic E-state index is -4.60. The molecule has 4 aliphatic rings. The zero-order chi connectivity index (χ0) is 46.8. The number of aliphatic hydroxyl groups is 1. The van der Waals surface area contributed by atoms with Gasteiger partial charge in [-0.15, -0.1) is 0 Å². The number of amides is 1. The van der Waals surface area contributed by atoms with E-state index in [4.69, 9.17) is 4.74 Å². The number of halogens is 1. The summed E-state index contributed by atoms with van der Waals surface area (Å²) in [5.74, 6) is 0.00949. The Morgan fingerprint density at radius 2 is 1.83 bits per heavy atom.